The fourth-order valence-electron chi connectivity index (χ4n) is 1.24. The molecule has 0 aliphatic heterocycles. The highest BCUT2D eigenvalue weighted by Gasteiger charge is 2.33. The summed E-state index contributed by atoms with van der Waals surface area (Å²) in [5, 5.41) is 11.8. The van der Waals surface area contributed by atoms with Gasteiger partial charge in [0, 0.05) is 6.54 Å². The summed E-state index contributed by atoms with van der Waals surface area (Å²) in [6.07, 6.45) is -4.43. The van der Waals surface area contributed by atoms with E-state index < -0.39 is 11.7 Å². The molecule has 0 saturated carbocycles. The summed E-state index contributed by atoms with van der Waals surface area (Å²) < 4.78 is 37.6. The lowest BCUT2D eigenvalue weighted by atomic mass is 10.1. The zero-order chi connectivity index (χ0) is 11.5. The summed E-state index contributed by atoms with van der Waals surface area (Å²) in [4.78, 5) is 0. The van der Waals surface area contributed by atoms with E-state index in [0.29, 0.717) is 6.54 Å². The average Bonchev–Trinajstić information content (AvgIpc) is 2.14. The van der Waals surface area contributed by atoms with Crippen LogP contribution in [0.4, 0.5) is 13.2 Å². The average molecular weight is 219 g/mol. The molecule has 1 rings (SSSR count). The van der Waals surface area contributed by atoms with Gasteiger partial charge in [0.2, 0.25) is 0 Å². The topological polar surface area (TPSA) is 32.3 Å². The van der Waals surface area contributed by atoms with Gasteiger partial charge < -0.3 is 10.4 Å². The van der Waals surface area contributed by atoms with Gasteiger partial charge in [0.05, 0.1) is 5.56 Å². The first-order valence-electron chi connectivity index (χ1n) is 4.55. The number of alkyl halides is 3. The summed E-state index contributed by atoms with van der Waals surface area (Å²) >= 11 is 0. The second-order valence-electron chi connectivity index (χ2n) is 3.12. The lowest BCUT2D eigenvalue weighted by Gasteiger charge is -2.13. The Hall–Kier alpha value is -1.23. The molecule has 0 aliphatic rings. The molecule has 0 heterocycles. The van der Waals surface area contributed by atoms with Crippen molar-refractivity contribution < 1.29 is 18.3 Å². The van der Waals surface area contributed by atoms with Crippen LogP contribution in [-0.4, -0.2) is 11.7 Å². The standard InChI is InChI=1S/C10H12F3NO/c1-2-14-6-7-3-4-8(15)5-9(7)10(11,12)13/h3-5,14-15H,2,6H2,1H3. The molecule has 0 radical (unpaired) electrons. The van der Waals surface area contributed by atoms with E-state index in [2.05, 4.69) is 5.32 Å². The summed E-state index contributed by atoms with van der Waals surface area (Å²) in [6, 6.07) is 3.27. The van der Waals surface area contributed by atoms with Gasteiger partial charge in [0.1, 0.15) is 5.75 Å². The van der Waals surface area contributed by atoms with Crippen molar-refractivity contribution in [3.8, 4) is 5.75 Å². The Kier molecular flexibility index (Phi) is 3.57. The second-order valence-corrected chi connectivity index (χ2v) is 3.12. The van der Waals surface area contributed by atoms with Crippen LogP contribution >= 0.6 is 0 Å². The van der Waals surface area contributed by atoms with Crippen LogP contribution in [0.2, 0.25) is 0 Å². The van der Waals surface area contributed by atoms with Gasteiger partial charge in [-0.15, -0.1) is 0 Å². The maximum absolute atomic E-state index is 12.5. The van der Waals surface area contributed by atoms with Gasteiger partial charge in [-0.3, -0.25) is 0 Å². The zero-order valence-corrected chi connectivity index (χ0v) is 8.23. The summed E-state index contributed by atoms with van der Waals surface area (Å²) in [6.45, 7) is 2.55. The van der Waals surface area contributed by atoms with E-state index in [1.807, 2.05) is 6.92 Å². The molecular formula is C10H12F3NO. The Morgan fingerprint density at radius 2 is 2.00 bits per heavy atom. The highest BCUT2D eigenvalue weighted by Crippen LogP contribution is 2.34. The molecule has 0 fully saturated rings. The first-order chi connectivity index (χ1) is 6.95. The van der Waals surface area contributed by atoms with E-state index in [1.165, 1.54) is 12.1 Å². The van der Waals surface area contributed by atoms with Crippen molar-refractivity contribution in [3.63, 3.8) is 0 Å². The van der Waals surface area contributed by atoms with Crippen LogP contribution in [0.1, 0.15) is 18.1 Å². The monoisotopic (exact) mass is 219 g/mol. The van der Waals surface area contributed by atoms with E-state index in [4.69, 9.17) is 5.11 Å². The molecule has 0 spiro atoms. The molecule has 0 unspecified atom stereocenters. The van der Waals surface area contributed by atoms with E-state index in [1.54, 1.807) is 0 Å². The lowest BCUT2D eigenvalue weighted by molar-refractivity contribution is -0.138. The molecule has 2 nitrogen and oxygen atoms in total. The van der Waals surface area contributed by atoms with E-state index >= 15 is 0 Å². The van der Waals surface area contributed by atoms with E-state index in [-0.39, 0.29) is 17.9 Å². The van der Waals surface area contributed by atoms with Crippen LogP contribution < -0.4 is 5.32 Å². The predicted molar refractivity (Wildman–Crippen MR) is 50.5 cm³/mol. The SMILES string of the molecule is CCNCc1ccc(O)cc1C(F)(F)F. The van der Waals surface area contributed by atoms with E-state index in [0.717, 1.165) is 6.07 Å². The second kappa shape index (κ2) is 4.53. The van der Waals surface area contributed by atoms with Gasteiger partial charge in [-0.25, -0.2) is 0 Å². The first kappa shape index (κ1) is 11.8. The Morgan fingerprint density at radius 3 is 2.53 bits per heavy atom. The molecule has 0 saturated heterocycles. The molecule has 0 bridgehead atoms. The molecule has 1 aromatic carbocycles. The fraction of sp³-hybridized carbons (Fsp3) is 0.400. The molecule has 0 amide bonds. The predicted octanol–water partition coefficient (Wildman–Crippen LogP) is 2.52. The number of phenolic OH excluding ortho intramolecular Hbond substituents is 1. The third kappa shape index (κ3) is 3.13. The van der Waals surface area contributed by atoms with Crippen LogP contribution in [0.25, 0.3) is 0 Å². The van der Waals surface area contributed by atoms with Crippen molar-refractivity contribution in [1.82, 2.24) is 5.32 Å². The number of nitrogens with one attached hydrogen (secondary N) is 1. The number of rotatable bonds is 3. The van der Waals surface area contributed by atoms with Crippen LogP contribution in [0.3, 0.4) is 0 Å². The van der Waals surface area contributed by atoms with Gasteiger partial charge in [0.15, 0.2) is 0 Å². The van der Waals surface area contributed by atoms with Gasteiger partial charge in [0.25, 0.3) is 0 Å². The summed E-state index contributed by atoms with van der Waals surface area (Å²) in [5.74, 6) is -0.373. The number of halogens is 3. The van der Waals surface area contributed by atoms with Crippen LogP contribution in [0, 0.1) is 0 Å². The van der Waals surface area contributed by atoms with Crippen molar-refractivity contribution in [3.05, 3.63) is 29.3 Å². The van der Waals surface area contributed by atoms with E-state index in [9.17, 15) is 13.2 Å². The molecule has 0 aliphatic carbocycles. The van der Waals surface area contributed by atoms with Gasteiger partial charge in [-0.1, -0.05) is 13.0 Å². The molecule has 0 atom stereocenters. The number of benzene rings is 1. The Morgan fingerprint density at radius 1 is 1.33 bits per heavy atom. The van der Waals surface area contributed by atoms with Crippen molar-refractivity contribution in [2.45, 2.75) is 19.6 Å². The number of hydrogen-bond acceptors (Lipinski definition) is 2. The molecule has 0 aromatic heterocycles. The Labute approximate surface area is 85.7 Å². The van der Waals surface area contributed by atoms with Crippen LogP contribution in [-0.2, 0) is 12.7 Å². The number of phenols is 1. The van der Waals surface area contributed by atoms with Crippen molar-refractivity contribution in [1.29, 1.82) is 0 Å². The molecular weight excluding hydrogens is 207 g/mol. The maximum Gasteiger partial charge on any atom is 0.416 e. The molecule has 84 valence electrons. The third-order valence-electron chi connectivity index (χ3n) is 1.96. The Bertz CT molecular complexity index is 336. The number of hydrogen-bond donors (Lipinski definition) is 2. The van der Waals surface area contributed by atoms with Gasteiger partial charge in [-0.2, -0.15) is 13.2 Å². The molecule has 5 heteroatoms. The van der Waals surface area contributed by atoms with Crippen LogP contribution in [0.5, 0.6) is 5.75 Å². The normalized spacial score (nSPS) is 11.7. The third-order valence-corrected chi connectivity index (χ3v) is 1.96. The highest BCUT2D eigenvalue weighted by atomic mass is 19.4. The maximum atomic E-state index is 12.5. The number of aromatic hydroxyl groups is 1. The minimum Gasteiger partial charge on any atom is -0.508 e. The minimum absolute atomic E-state index is 0.141. The largest absolute Gasteiger partial charge is 0.508 e. The Balaban J connectivity index is 3.04. The van der Waals surface area contributed by atoms with Crippen LogP contribution in [0.15, 0.2) is 18.2 Å². The minimum atomic E-state index is -4.43. The van der Waals surface area contributed by atoms with Gasteiger partial charge >= 0.3 is 6.18 Å². The summed E-state index contributed by atoms with van der Waals surface area (Å²) in [7, 11) is 0. The highest BCUT2D eigenvalue weighted by molar-refractivity contribution is 5.36. The van der Waals surface area contributed by atoms with Crippen molar-refractivity contribution in [2.75, 3.05) is 6.54 Å². The smallest absolute Gasteiger partial charge is 0.416 e. The zero-order valence-electron chi connectivity index (χ0n) is 8.23. The van der Waals surface area contributed by atoms with Crippen molar-refractivity contribution in [2.24, 2.45) is 0 Å². The lowest BCUT2D eigenvalue weighted by Crippen LogP contribution is -2.16. The van der Waals surface area contributed by atoms with Gasteiger partial charge in [-0.05, 0) is 24.2 Å². The molecule has 1 aromatic rings. The molecule has 2 N–H and O–H groups in total. The summed E-state index contributed by atoms with van der Waals surface area (Å²) in [5.41, 5.74) is -0.648. The van der Waals surface area contributed by atoms with Crippen molar-refractivity contribution >= 4 is 0 Å². The fourth-order valence-corrected chi connectivity index (χ4v) is 1.24. The first-order valence-corrected chi connectivity index (χ1v) is 4.55. The quantitative estimate of drug-likeness (QED) is 0.818. The molecule has 15 heavy (non-hydrogen) atoms.